The molecule has 1 atom stereocenters. The molecule has 0 fully saturated rings. The zero-order valence-electron chi connectivity index (χ0n) is 12.1. The molecule has 1 amide bonds. The molecule has 19 heavy (non-hydrogen) atoms. The van der Waals surface area contributed by atoms with E-state index in [2.05, 4.69) is 5.32 Å². The Morgan fingerprint density at radius 3 is 2.26 bits per heavy atom. The van der Waals surface area contributed by atoms with Crippen LogP contribution in [0.4, 0.5) is 0 Å². The summed E-state index contributed by atoms with van der Waals surface area (Å²) in [6.45, 7) is 3.96. The van der Waals surface area contributed by atoms with Crippen LogP contribution in [0.5, 0.6) is 17.2 Å². The molecule has 0 aliphatic carbocycles. The third kappa shape index (κ3) is 3.30. The van der Waals surface area contributed by atoms with Crippen LogP contribution in [0, 0.1) is 0 Å². The van der Waals surface area contributed by atoms with Crippen LogP contribution in [0.25, 0.3) is 0 Å². The van der Waals surface area contributed by atoms with Gasteiger partial charge in [0, 0.05) is 6.04 Å². The molecule has 0 spiro atoms. The van der Waals surface area contributed by atoms with Crippen LogP contribution < -0.4 is 19.5 Å². The van der Waals surface area contributed by atoms with E-state index >= 15 is 0 Å². The van der Waals surface area contributed by atoms with Crippen molar-refractivity contribution in [1.29, 1.82) is 0 Å². The molecule has 1 rings (SSSR count). The van der Waals surface area contributed by atoms with Crippen molar-refractivity contribution in [2.45, 2.75) is 26.3 Å². The van der Waals surface area contributed by atoms with E-state index in [1.807, 2.05) is 13.8 Å². The molecule has 0 aliphatic heterocycles. The Hall–Kier alpha value is -1.91. The van der Waals surface area contributed by atoms with Crippen molar-refractivity contribution in [3.05, 3.63) is 17.7 Å². The van der Waals surface area contributed by atoms with Crippen molar-refractivity contribution in [2.75, 3.05) is 21.3 Å². The standard InChI is InChI=1S/C14H21NO4/c1-6-9(2)15-14(16)10-7-8-11(17-3)13(19-5)12(10)18-4/h7-9H,6H2,1-5H3,(H,15,16). The average Bonchev–Trinajstić information content (AvgIpc) is 2.44. The Bertz CT molecular complexity index is 445. The summed E-state index contributed by atoms with van der Waals surface area (Å²) in [7, 11) is 4.55. The highest BCUT2D eigenvalue weighted by molar-refractivity contribution is 5.98. The third-order valence-corrected chi connectivity index (χ3v) is 2.94. The van der Waals surface area contributed by atoms with E-state index in [9.17, 15) is 4.79 Å². The van der Waals surface area contributed by atoms with Crippen LogP contribution in [0.2, 0.25) is 0 Å². The molecule has 106 valence electrons. The molecule has 0 heterocycles. The molecule has 1 unspecified atom stereocenters. The maximum Gasteiger partial charge on any atom is 0.255 e. The number of ether oxygens (including phenoxy) is 3. The lowest BCUT2D eigenvalue weighted by atomic mass is 10.1. The number of amides is 1. The summed E-state index contributed by atoms with van der Waals surface area (Å²) in [4.78, 5) is 12.2. The van der Waals surface area contributed by atoms with Gasteiger partial charge in [-0.05, 0) is 25.5 Å². The highest BCUT2D eigenvalue weighted by Gasteiger charge is 2.21. The summed E-state index contributed by atoms with van der Waals surface area (Å²) in [6, 6.07) is 3.45. The van der Waals surface area contributed by atoms with E-state index in [-0.39, 0.29) is 11.9 Å². The van der Waals surface area contributed by atoms with Crippen molar-refractivity contribution >= 4 is 5.91 Å². The molecule has 0 bridgehead atoms. The summed E-state index contributed by atoms with van der Waals surface area (Å²) in [6.07, 6.45) is 0.862. The summed E-state index contributed by atoms with van der Waals surface area (Å²) in [5.41, 5.74) is 0.431. The summed E-state index contributed by atoms with van der Waals surface area (Å²) >= 11 is 0. The predicted octanol–water partition coefficient (Wildman–Crippen LogP) is 2.24. The zero-order valence-corrected chi connectivity index (χ0v) is 12.1. The fourth-order valence-corrected chi connectivity index (χ4v) is 1.68. The van der Waals surface area contributed by atoms with E-state index in [1.54, 1.807) is 12.1 Å². The summed E-state index contributed by atoms with van der Waals surface area (Å²) in [5, 5.41) is 2.89. The fourth-order valence-electron chi connectivity index (χ4n) is 1.68. The number of methoxy groups -OCH3 is 3. The number of carbonyl (C=O) groups is 1. The fraction of sp³-hybridized carbons (Fsp3) is 0.500. The average molecular weight is 267 g/mol. The second-order valence-electron chi connectivity index (χ2n) is 4.16. The van der Waals surface area contributed by atoms with Crippen molar-refractivity contribution in [2.24, 2.45) is 0 Å². The normalized spacial score (nSPS) is 11.6. The van der Waals surface area contributed by atoms with Gasteiger partial charge in [0.1, 0.15) is 0 Å². The largest absolute Gasteiger partial charge is 0.493 e. The van der Waals surface area contributed by atoms with Crippen LogP contribution in [0.3, 0.4) is 0 Å². The van der Waals surface area contributed by atoms with Gasteiger partial charge in [0.15, 0.2) is 11.5 Å². The van der Waals surface area contributed by atoms with Gasteiger partial charge in [-0.15, -0.1) is 0 Å². The number of carbonyl (C=O) groups excluding carboxylic acids is 1. The van der Waals surface area contributed by atoms with Crippen molar-refractivity contribution in [1.82, 2.24) is 5.32 Å². The first-order valence-corrected chi connectivity index (χ1v) is 6.18. The SMILES string of the molecule is CCC(C)NC(=O)c1ccc(OC)c(OC)c1OC. The minimum Gasteiger partial charge on any atom is -0.493 e. The van der Waals surface area contributed by atoms with Crippen LogP contribution >= 0.6 is 0 Å². The highest BCUT2D eigenvalue weighted by Crippen LogP contribution is 2.39. The third-order valence-electron chi connectivity index (χ3n) is 2.94. The molecule has 0 saturated heterocycles. The van der Waals surface area contributed by atoms with Gasteiger partial charge < -0.3 is 19.5 Å². The van der Waals surface area contributed by atoms with E-state index < -0.39 is 0 Å². The van der Waals surface area contributed by atoms with E-state index in [0.717, 1.165) is 6.42 Å². The van der Waals surface area contributed by atoms with Gasteiger partial charge in [0.05, 0.1) is 26.9 Å². The molecule has 5 nitrogen and oxygen atoms in total. The second-order valence-corrected chi connectivity index (χ2v) is 4.16. The van der Waals surface area contributed by atoms with Crippen LogP contribution in [-0.2, 0) is 0 Å². The van der Waals surface area contributed by atoms with E-state index in [0.29, 0.717) is 22.8 Å². The molecule has 0 saturated carbocycles. The Morgan fingerprint density at radius 1 is 1.16 bits per heavy atom. The smallest absolute Gasteiger partial charge is 0.255 e. The number of hydrogen-bond donors (Lipinski definition) is 1. The predicted molar refractivity (Wildman–Crippen MR) is 73.3 cm³/mol. The van der Waals surface area contributed by atoms with Crippen molar-refractivity contribution in [3.63, 3.8) is 0 Å². The minimum atomic E-state index is -0.188. The maximum absolute atomic E-state index is 12.2. The molecule has 0 radical (unpaired) electrons. The summed E-state index contributed by atoms with van der Waals surface area (Å²) < 4.78 is 15.7. The molecule has 0 aromatic heterocycles. The second kappa shape index (κ2) is 6.87. The number of rotatable bonds is 6. The Kier molecular flexibility index (Phi) is 5.48. The first kappa shape index (κ1) is 15.1. The van der Waals surface area contributed by atoms with E-state index in [1.165, 1.54) is 21.3 Å². The van der Waals surface area contributed by atoms with Crippen molar-refractivity contribution < 1.29 is 19.0 Å². The lowest BCUT2D eigenvalue weighted by Gasteiger charge is -2.17. The van der Waals surface area contributed by atoms with Crippen molar-refractivity contribution in [3.8, 4) is 17.2 Å². The summed E-state index contributed by atoms with van der Waals surface area (Å²) in [5.74, 6) is 1.14. The molecular formula is C14H21NO4. The van der Waals surface area contributed by atoms with Crippen LogP contribution in [-0.4, -0.2) is 33.3 Å². The molecule has 1 N–H and O–H groups in total. The first-order valence-electron chi connectivity index (χ1n) is 6.18. The number of hydrogen-bond acceptors (Lipinski definition) is 4. The zero-order chi connectivity index (χ0) is 14.4. The van der Waals surface area contributed by atoms with Gasteiger partial charge in [0.25, 0.3) is 5.91 Å². The molecule has 1 aromatic rings. The number of benzene rings is 1. The number of nitrogens with one attached hydrogen (secondary N) is 1. The van der Waals surface area contributed by atoms with Gasteiger partial charge in [-0.2, -0.15) is 0 Å². The van der Waals surface area contributed by atoms with Gasteiger partial charge in [0.2, 0.25) is 5.75 Å². The lowest BCUT2D eigenvalue weighted by molar-refractivity contribution is 0.0935. The van der Waals surface area contributed by atoms with Gasteiger partial charge in [-0.25, -0.2) is 0 Å². The molecule has 5 heteroatoms. The molecular weight excluding hydrogens is 246 g/mol. The molecule has 1 aromatic carbocycles. The Morgan fingerprint density at radius 2 is 1.79 bits per heavy atom. The monoisotopic (exact) mass is 267 g/mol. The minimum absolute atomic E-state index is 0.102. The highest BCUT2D eigenvalue weighted by atomic mass is 16.5. The quantitative estimate of drug-likeness (QED) is 0.858. The Labute approximate surface area is 113 Å². The molecule has 0 aliphatic rings. The lowest BCUT2D eigenvalue weighted by Crippen LogP contribution is -2.32. The van der Waals surface area contributed by atoms with Gasteiger partial charge in [-0.3, -0.25) is 4.79 Å². The van der Waals surface area contributed by atoms with E-state index in [4.69, 9.17) is 14.2 Å². The first-order chi connectivity index (χ1) is 9.08. The topological polar surface area (TPSA) is 56.8 Å². The maximum atomic E-state index is 12.2. The Balaban J connectivity index is 3.17. The van der Waals surface area contributed by atoms with Gasteiger partial charge in [-0.1, -0.05) is 6.92 Å². The van der Waals surface area contributed by atoms with Crippen LogP contribution in [0.15, 0.2) is 12.1 Å². The van der Waals surface area contributed by atoms with Gasteiger partial charge >= 0.3 is 0 Å². The van der Waals surface area contributed by atoms with Crippen LogP contribution in [0.1, 0.15) is 30.6 Å².